The topological polar surface area (TPSA) is 20.2 Å². The first kappa shape index (κ1) is 9.97. The van der Waals surface area contributed by atoms with Crippen LogP contribution in [0, 0.1) is 5.41 Å². The molecule has 1 N–H and O–H groups in total. The van der Waals surface area contributed by atoms with Crippen LogP contribution in [0.25, 0.3) is 0 Å². The molecule has 0 radical (unpaired) electrons. The third-order valence-corrected chi connectivity index (χ3v) is 4.06. The molecule has 0 amide bonds. The summed E-state index contributed by atoms with van der Waals surface area (Å²) in [6.07, 6.45) is 11.6. The smallest absolute Gasteiger partial charge is 0.103 e. The van der Waals surface area contributed by atoms with Crippen LogP contribution in [0.2, 0.25) is 0 Å². The Morgan fingerprint density at radius 3 is 2.21 bits per heavy atom. The monoisotopic (exact) mass is 192 g/mol. The molecule has 1 unspecified atom stereocenters. The molecular weight excluding hydrogens is 172 g/mol. The van der Waals surface area contributed by atoms with E-state index < -0.39 is 5.60 Å². The molecular formula is C13H20O. The van der Waals surface area contributed by atoms with E-state index in [9.17, 15) is 5.11 Å². The third-order valence-electron chi connectivity index (χ3n) is 4.06. The van der Waals surface area contributed by atoms with E-state index in [2.05, 4.69) is 12.7 Å². The molecule has 1 saturated carbocycles. The largest absolute Gasteiger partial charge is 0.381 e. The van der Waals surface area contributed by atoms with Gasteiger partial charge in [-0.3, -0.25) is 0 Å². The molecule has 0 saturated heterocycles. The van der Waals surface area contributed by atoms with E-state index >= 15 is 0 Å². The van der Waals surface area contributed by atoms with Crippen LogP contribution < -0.4 is 0 Å². The molecule has 0 aromatic rings. The maximum absolute atomic E-state index is 10.2. The van der Waals surface area contributed by atoms with Gasteiger partial charge in [-0.2, -0.15) is 0 Å². The lowest BCUT2D eigenvalue weighted by Gasteiger charge is -2.37. The molecule has 0 aromatic carbocycles. The Bertz CT molecular complexity index is 271. The Hall–Kier alpha value is -0.560. The van der Waals surface area contributed by atoms with E-state index in [0.717, 1.165) is 18.4 Å². The zero-order chi connectivity index (χ0) is 10.2. The molecule has 2 aliphatic carbocycles. The second-order valence-corrected chi connectivity index (χ2v) is 5.11. The third kappa shape index (κ3) is 1.54. The second-order valence-electron chi connectivity index (χ2n) is 5.11. The summed E-state index contributed by atoms with van der Waals surface area (Å²) in [4.78, 5) is 0. The first-order valence-corrected chi connectivity index (χ1v) is 5.65. The van der Waals surface area contributed by atoms with Gasteiger partial charge in [-0.25, -0.2) is 0 Å². The lowest BCUT2D eigenvalue weighted by molar-refractivity contribution is 0.0911. The van der Waals surface area contributed by atoms with Crippen molar-refractivity contribution in [1.29, 1.82) is 0 Å². The van der Waals surface area contributed by atoms with Crippen molar-refractivity contribution >= 4 is 0 Å². The van der Waals surface area contributed by atoms with Crippen LogP contribution in [-0.4, -0.2) is 10.7 Å². The molecule has 14 heavy (non-hydrogen) atoms. The molecule has 2 rings (SSSR count). The Kier molecular flexibility index (Phi) is 2.30. The Morgan fingerprint density at radius 1 is 1.14 bits per heavy atom. The van der Waals surface area contributed by atoms with Crippen molar-refractivity contribution in [3.63, 3.8) is 0 Å². The van der Waals surface area contributed by atoms with Gasteiger partial charge in [0.05, 0.1) is 0 Å². The fraction of sp³-hybridized carbons (Fsp3) is 0.692. The predicted molar refractivity (Wildman–Crippen MR) is 59.0 cm³/mol. The molecule has 1 heteroatoms. The zero-order valence-electron chi connectivity index (χ0n) is 9.05. The van der Waals surface area contributed by atoms with Crippen LogP contribution in [0.1, 0.15) is 45.4 Å². The maximum atomic E-state index is 10.2. The predicted octanol–water partition coefficient (Wildman–Crippen LogP) is 3.20. The molecule has 1 spiro atoms. The molecule has 0 heterocycles. The van der Waals surface area contributed by atoms with Crippen molar-refractivity contribution in [1.82, 2.24) is 0 Å². The van der Waals surface area contributed by atoms with Crippen LogP contribution >= 0.6 is 0 Å². The Balaban J connectivity index is 2.16. The summed E-state index contributed by atoms with van der Waals surface area (Å²) in [6, 6.07) is 0. The molecule has 1 atom stereocenters. The fourth-order valence-electron chi connectivity index (χ4n) is 2.77. The highest BCUT2D eigenvalue weighted by Crippen LogP contribution is 2.48. The highest BCUT2D eigenvalue weighted by molar-refractivity contribution is 5.25. The number of allylic oxidation sites excluding steroid dienone is 1. The van der Waals surface area contributed by atoms with Crippen LogP contribution in [0.5, 0.6) is 0 Å². The molecule has 0 aliphatic heterocycles. The Morgan fingerprint density at radius 2 is 1.79 bits per heavy atom. The van der Waals surface area contributed by atoms with E-state index in [1.165, 1.54) is 25.7 Å². The summed E-state index contributed by atoms with van der Waals surface area (Å²) in [5, 5.41) is 10.2. The highest BCUT2D eigenvalue weighted by atomic mass is 16.3. The number of rotatable bonds is 1. The highest BCUT2D eigenvalue weighted by Gasteiger charge is 2.39. The first-order chi connectivity index (χ1) is 6.56. The minimum Gasteiger partial charge on any atom is -0.381 e. The lowest BCUT2D eigenvalue weighted by Crippen LogP contribution is -2.34. The van der Waals surface area contributed by atoms with Gasteiger partial charge in [0, 0.05) is 0 Å². The van der Waals surface area contributed by atoms with Crippen LogP contribution in [0.3, 0.4) is 0 Å². The Labute approximate surface area is 86.5 Å². The van der Waals surface area contributed by atoms with Gasteiger partial charge in [0.15, 0.2) is 0 Å². The van der Waals surface area contributed by atoms with E-state index in [0.29, 0.717) is 5.41 Å². The average molecular weight is 192 g/mol. The molecule has 1 nitrogen and oxygen atoms in total. The molecule has 0 aromatic heterocycles. The minimum atomic E-state index is -0.714. The molecule has 0 bridgehead atoms. The lowest BCUT2D eigenvalue weighted by atomic mass is 9.71. The van der Waals surface area contributed by atoms with Crippen LogP contribution in [0.15, 0.2) is 24.3 Å². The number of hydrogen-bond acceptors (Lipinski definition) is 1. The maximum Gasteiger partial charge on any atom is 0.103 e. The summed E-state index contributed by atoms with van der Waals surface area (Å²) in [5.74, 6) is 0. The summed E-state index contributed by atoms with van der Waals surface area (Å²) < 4.78 is 0. The van der Waals surface area contributed by atoms with E-state index in [-0.39, 0.29) is 0 Å². The number of aliphatic hydroxyl groups is 1. The van der Waals surface area contributed by atoms with Gasteiger partial charge in [-0.05, 0) is 43.6 Å². The molecule has 78 valence electrons. The number of hydrogen-bond donors (Lipinski definition) is 1. The van der Waals surface area contributed by atoms with Crippen molar-refractivity contribution in [3.05, 3.63) is 24.3 Å². The van der Waals surface area contributed by atoms with Crippen molar-refractivity contribution in [2.75, 3.05) is 0 Å². The van der Waals surface area contributed by atoms with Crippen LogP contribution in [0.4, 0.5) is 0 Å². The van der Waals surface area contributed by atoms with E-state index in [1.807, 2.05) is 13.0 Å². The van der Waals surface area contributed by atoms with Gasteiger partial charge in [-0.1, -0.05) is 31.6 Å². The van der Waals surface area contributed by atoms with Gasteiger partial charge in [0.1, 0.15) is 5.60 Å². The van der Waals surface area contributed by atoms with Gasteiger partial charge in [-0.15, -0.1) is 0 Å². The zero-order valence-corrected chi connectivity index (χ0v) is 9.05. The van der Waals surface area contributed by atoms with Gasteiger partial charge in [0.25, 0.3) is 0 Å². The summed E-state index contributed by atoms with van der Waals surface area (Å²) in [5.41, 5.74) is 0.594. The van der Waals surface area contributed by atoms with Crippen molar-refractivity contribution in [2.24, 2.45) is 5.41 Å². The SMILES string of the molecule is C=C(C)C1(O)C=CC2(CCCC2)CC1. The van der Waals surface area contributed by atoms with Gasteiger partial charge in [0.2, 0.25) is 0 Å². The summed E-state index contributed by atoms with van der Waals surface area (Å²) in [7, 11) is 0. The van der Waals surface area contributed by atoms with Gasteiger partial charge >= 0.3 is 0 Å². The van der Waals surface area contributed by atoms with Crippen molar-refractivity contribution < 1.29 is 5.11 Å². The van der Waals surface area contributed by atoms with E-state index in [1.54, 1.807) is 0 Å². The quantitative estimate of drug-likeness (QED) is 0.632. The summed E-state index contributed by atoms with van der Waals surface area (Å²) >= 11 is 0. The van der Waals surface area contributed by atoms with Crippen molar-refractivity contribution in [3.8, 4) is 0 Å². The average Bonchev–Trinajstić information content (AvgIpc) is 2.60. The molecule has 1 fully saturated rings. The van der Waals surface area contributed by atoms with Crippen molar-refractivity contribution in [2.45, 2.75) is 51.0 Å². The second kappa shape index (κ2) is 3.23. The van der Waals surface area contributed by atoms with E-state index in [4.69, 9.17) is 0 Å². The standard InChI is InChI=1S/C13H20O/c1-11(2)13(14)9-7-12(8-10-13)5-3-4-6-12/h7,9,14H,1,3-6,8,10H2,2H3. The fourth-order valence-corrected chi connectivity index (χ4v) is 2.77. The molecule has 2 aliphatic rings. The normalized spacial score (nSPS) is 35.0. The summed E-state index contributed by atoms with van der Waals surface area (Å²) in [6.45, 7) is 5.78. The first-order valence-electron chi connectivity index (χ1n) is 5.65. The minimum absolute atomic E-state index is 0.432. The van der Waals surface area contributed by atoms with Crippen LogP contribution in [-0.2, 0) is 0 Å². The van der Waals surface area contributed by atoms with Gasteiger partial charge < -0.3 is 5.11 Å².